The van der Waals surface area contributed by atoms with Gasteiger partial charge in [-0.15, -0.1) is 0 Å². The number of sulfonamides is 1. The lowest BCUT2D eigenvalue weighted by atomic mass is 10.2. The lowest BCUT2D eigenvalue weighted by Gasteiger charge is -2.22. The van der Waals surface area contributed by atoms with Gasteiger partial charge in [-0.3, -0.25) is 13.9 Å². The number of carbonyl (C=O) groups excluding carboxylic acids is 2. The Balaban J connectivity index is 1.66. The van der Waals surface area contributed by atoms with Crippen LogP contribution in [0, 0.1) is 0 Å². The van der Waals surface area contributed by atoms with Crippen molar-refractivity contribution in [2.75, 3.05) is 28.6 Å². The fourth-order valence-electron chi connectivity index (χ4n) is 3.17. The fourth-order valence-corrected chi connectivity index (χ4v) is 4.41. The van der Waals surface area contributed by atoms with E-state index in [-0.39, 0.29) is 19.0 Å². The number of carbonyl (C=O) groups is 2. The second-order valence-corrected chi connectivity index (χ2v) is 9.67. The maximum Gasteiger partial charge on any atom is 0.241 e. The Morgan fingerprint density at radius 2 is 1.97 bits per heavy atom. The molecule has 0 radical (unpaired) electrons. The summed E-state index contributed by atoms with van der Waals surface area (Å²) >= 11 is 3.31. The standard InChI is InChI=1S/C20H22BrN3O4S/c1-29(27,28)24(18-8-3-6-16(21)12-18)14-19(25)22-13-15-5-2-7-17(11-15)23-10-4-9-20(23)26/h2-3,5-8,11-12H,4,9-10,13-14H2,1H3,(H,22,25). The van der Waals surface area contributed by atoms with Crippen LogP contribution in [0.1, 0.15) is 18.4 Å². The highest BCUT2D eigenvalue weighted by molar-refractivity contribution is 9.10. The van der Waals surface area contributed by atoms with Crippen LogP contribution in [0.3, 0.4) is 0 Å². The van der Waals surface area contributed by atoms with E-state index in [1.807, 2.05) is 24.3 Å². The van der Waals surface area contributed by atoms with Crippen molar-refractivity contribution in [2.45, 2.75) is 19.4 Å². The first-order valence-corrected chi connectivity index (χ1v) is 11.8. The second kappa shape index (κ2) is 8.96. The van der Waals surface area contributed by atoms with E-state index < -0.39 is 15.9 Å². The molecule has 1 aliphatic rings. The van der Waals surface area contributed by atoms with Gasteiger partial charge in [-0.25, -0.2) is 8.42 Å². The summed E-state index contributed by atoms with van der Waals surface area (Å²) in [6, 6.07) is 14.2. The summed E-state index contributed by atoms with van der Waals surface area (Å²) in [6.07, 6.45) is 2.46. The molecule has 1 heterocycles. The van der Waals surface area contributed by atoms with Gasteiger partial charge < -0.3 is 10.2 Å². The molecule has 0 aromatic heterocycles. The first-order valence-electron chi connectivity index (χ1n) is 9.13. The minimum atomic E-state index is -3.63. The van der Waals surface area contributed by atoms with Crippen molar-refractivity contribution in [3.63, 3.8) is 0 Å². The highest BCUT2D eigenvalue weighted by Gasteiger charge is 2.22. The molecule has 0 bridgehead atoms. The molecule has 0 saturated carbocycles. The lowest BCUT2D eigenvalue weighted by Crippen LogP contribution is -2.40. The highest BCUT2D eigenvalue weighted by Crippen LogP contribution is 2.23. The van der Waals surface area contributed by atoms with Crippen molar-refractivity contribution in [1.29, 1.82) is 0 Å². The van der Waals surface area contributed by atoms with E-state index in [0.29, 0.717) is 18.7 Å². The Morgan fingerprint density at radius 1 is 1.21 bits per heavy atom. The molecule has 2 aromatic carbocycles. The predicted octanol–water partition coefficient (Wildman–Crippen LogP) is 2.66. The third kappa shape index (κ3) is 5.57. The van der Waals surface area contributed by atoms with Gasteiger partial charge in [-0.2, -0.15) is 0 Å². The number of nitrogens with zero attached hydrogens (tertiary/aromatic N) is 2. The van der Waals surface area contributed by atoms with E-state index >= 15 is 0 Å². The Hall–Kier alpha value is -2.39. The number of halogens is 1. The third-order valence-corrected chi connectivity index (χ3v) is 6.20. The molecule has 154 valence electrons. The van der Waals surface area contributed by atoms with Gasteiger partial charge in [0.1, 0.15) is 6.54 Å². The first kappa shape index (κ1) is 21.3. The van der Waals surface area contributed by atoms with Gasteiger partial charge in [-0.1, -0.05) is 34.1 Å². The van der Waals surface area contributed by atoms with Crippen molar-refractivity contribution >= 4 is 49.1 Å². The molecule has 1 N–H and O–H groups in total. The molecule has 2 aromatic rings. The van der Waals surface area contributed by atoms with Gasteiger partial charge in [0.05, 0.1) is 11.9 Å². The van der Waals surface area contributed by atoms with Gasteiger partial charge in [0.25, 0.3) is 0 Å². The van der Waals surface area contributed by atoms with E-state index in [2.05, 4.69) is 21.2 Å². The third-order valence-electron chi connectivity index (χ3n) is 4.57. The average molecular weight is 480 g/mol. The molecular weight excluding hydrogens is 458 g/mol. The quantitative estimate of drug-likeness (QED) is 0.661. The van der Waals surface area contributed by atoms with Crippen LogP contribution in [0.25, 0.3) is 0 Å². The topological polar surface area (TPSA) is 86.8 Å². The molecule has 7 nitrogen and oxygen atoms in total. The maximum atomic E-state index is 12.4. The van der Waals surface area contributed by atoms with E-state index in [0.717, 1.165) is 32.7 Å². The minimum Gasteiger partial charge on any atom is -0.350 e. The Labute approximate surface area is 178 Å². The van der Waals surface area contributed by atoms with E-state index in [9.17, 15) is 18.0 Å². The van der Waals surface area contributed by atoms with Crippen molar-refractivity contribution in [3.05, 3.63) is 58.6 Å². The van der Waals surface area contributed by atoms with Crippen molar-refractivity contribution in [2.24, 2.45) is 0 Å². The second-order valence-electron chi connectivity index (χ2n) is 6.85. The minimum absolute atomic E-state index is 0.101. The summed E-state index contributed by atoms with van der Waals surface area (Å²) in [5, 5.41) is 2.75. The summed E-state index contributed by atoms with van der Waals surface area (Å²) in [7, 11) is -3.63. The molecule has 0 spiro atoms. The zero-order valence-electron chi connectivity index (χ0n) is 16.0. The van der Waals surface area contributed by atoms with Crippen LogP contribution in [0.5, 0.6) is 0 Å². The monoisotopic (exact) mass is 479 g/mol. The molecule has 9 heteroatoms. The number of amides is 2. The molecule has 1 aliphatic heterocycles. The Kier molecular flexibility index (Phi) is 6.59. The molecule has 2 amide bonds. The van der Waals surface area contributed by atoms with Crippen LogP contribution in [0.15, 0.2) is 53.0 Å². The smallest absolute Gasteiger partial charge is 0.241 e. The number of nitrogens with one attached hydrogen (secondary N) is 1. The molecule has 29 heavy (non-hydrogen) atoms. The van der Waals surface area contributed by atoms with Gasteiger partial charge in [0, 0.05) is 29.7 Å². The largest absolute Gasteiger partial charge is 0.350 e. The summed E-state index contributed by atoms with van der Waals surface area (Å²) in [6.45, 7) is 0.620. The fraction of sp³-hybridized carbons (Fsp3) is 0.300. The molecule has 1 saturated heterocycles. The number of anilines is 2. The normalized spacial score (nSPS) is 14.1. The predicted molar refractivity (Wildman–Crippen MR) is 116 cm³/mol. The van der Waals surface area contributed by atoms with Gasteiger partial charge in [0.2, 0.25) is 21.8 Å². The van der Waals surface area contributed by atoms with Crippen LogP contribution in [-0.2, 0) is 26.2 Å². The van der Waals surface area contributed by atoms with E-state index in [4.69, 9.17) is 0 Å². The molecule has 0 atom stereocenters. The molecule has 3 rings (SSSR count). The van der Waals surface area contributed by atoms with Gasteiger partial charge in [0.15, 0.2) is 0 Å². The number of hydrogen-bond donors (Lipinski definition) is 1. The van der Waals surface area contributed by atoms with Crippen LogP contribution in [0.4, 0.5) is 11.4 Å². The molecule has 0 unspecified atom stereocenters. The Morgan fingerprint density at radius 3 is 2.62 bits per heavy atom. The highest BCUT2D eigenvalue weighted by atomic mass is 79.9. The van der Waals surface area contributed by atoms with Crippen molar-refractivity contribution in [1.82, 2.24) is 5.32 Å². The van der Waals surface area contributed by atoms with Crippen molar-refractivity contribution in [3.8, 4) is 0 Å². The lowest BCUT2D eigenvalue weighted by molar-refractivity contribution is -0.120. The first-order chi connectivity index (χ1) is 13.7. The molecule has 0 aliphatic carbocycles. The van der Waals surface area contributed by atoms with E-state index in [1.54, 1.807) is 29.2 Å². The number of rotatable bonds is 7. The van der Waals surface area contributed by atoms with Gasteiger partial charge in [-0.05, 0) is 42.3 Å². The van der Waals surface area contributed by atoms with Crippen LogP contribution >= 0.6 is 15.9 Å². The van der Waals surface area contributed by atoms with Crippen LogP contribution < -0.4 is 14.5 Å². The number of benzene rings is 2. The van der Waals surface area contributed by atoms with Crippen LogP contribution in [-0.4, -0.2) is 39.6 Å². The van der Waals surface area contributed by atoms with Crippen molar-refractivity contribution < 1.29 is 18.0 Å². The summed E-state index contributed by atoms with van der Waals surface area (Å²) in [5.41, 5.74) is 2.06. The Bertz CT molecular complexity index is 1030. The van der Waals surface area contributed by atoms with E-state index in [1.165, 1.54) is 0 Å². The zero-order valence-corrected chi connectivity index (χ0v) is 18.4. The summed E-state index contributed by atoms with van der Waals surface area (Å²) in [4.78, 5) is 26.1. The zero-order chi connectivity index (χ0) is 21.0. The van der Waals surface area contributed by atoms with Crippen LogP contribution in [0.2, 0.25) is 0 Å². The van der Waals surface area contributed by atoms with Gasteiger partial charge >= 0.3 is 0 Å². The SMILES string of the molecule is CS(=O)(=O)N(CC(=O)NCc1cccc(N2CCCC2=O)c1)c1cccc(Br)c1. The maximum absolute atomic E-state index is 12.4. The summed E-state index contributed by atoms with van der Waals surface area (Å²) < 4.78 is 26.1. The number of hydrogen-bond acceptors (Lipinski definition) is 4. The molecular formula is C20H22BrN3O4S. The average Bonchev–Trinajstić information content (AvgIpc) is 3.10. The summed E-state index contributed by atoms with van der Waals surface area (Å²) in [5.74, 6) is -0.318. The molecule has 1 fully saturated rings.